The van der Waals surface area contributed by atoms with E-state index in [-0.39, 0.29) is 11.9 Å². The minimum absolute atomic E-state index is 0.0530. The van der Waals surface area contributed by atoms with Gasteiger partial charge in [-0.25, -0.2) is 4.68 Å². The van der Waals surface area contributed by atoms with Gasteiger partial charge >= 0.3 is 0 Å². The number of nitrogens with zero attached hydrogens (tertiary/aromatic N) is 3. The first-order valence-corrected chi connectivity index (χ1v) is 16.7. The number of amides is 1. The number of benzene rings is 1. The molecule has 1 amide bonds. The van der Waals surface area contributed by atoms with Gasteiger partial charge in [-0.3, -0.25) is 9.78 Å². The van der Waals surface area contributed by atoms with Crippen molar-refractivity contribution < 1.29 is 14.6 Å². The predicted octanol–water partition coefficient (Wildman–Crippen LogP) is 5.47. The third kappa shape index (κ3) is 6.81. The summed E-state index contributed by atoms with van der Waals surface area (Å²) in [7, 11) is -1.12. The number of carbonyl (C=O) groups excluding carboxylic acids is 1. The molecule has 8 heteroatoms. The van der Waals surface area contributed by atoms with Crippen LogP contribution in [-0.2, 0) is 11.5 Å². The van der Waals surface area contributed by atoms with Crippen LogP contribution in [0.4, 0.5) is 0 Å². The highest BCUT2D eigenvalue weighted by Gasteiger charge is 2.31. The van der Waals surface area contributed by atoms with E-state index >= 15 is 0 Å². The van der Waals surface area contributed by atoms with Crippen molar-refractivity contribution in [1.82, 2.24) is 20.1 Å². The Bertz CT molecular complexity index is 1170. The molecule has 0 spiro atoms. The van der Waals surface area contributed by atoms with Gasteiger partial charge in [0.15, 0.2) is 0 Å². The molecule has 0 unspecified atom stereocenters. The fourth-order valence-electron chi connectivity index (χ4n) is 4.82. The number of nitrogens with one attached hydrogen (secondary N) is 1. The summed E-state index contributed by atoms with van der Waals surface area (Å²) >= 11 is 0. The van der Waals surface area contributed by atoms with Gasteiger partial charge < -0.3 is 15.2 Å². The summed E-state index contributed by atoms with van der Waals surface area (Å²) in [4.78, 5) is 17.4. The van der Waals surface area contributed by atoms with Crippen molar-refractivity contribution in [2.45, 2.75) is 83.6 Å². The Balaban J connectivity index is 1.38. The van der Waals surface area contributed by atoms with Gasteiger partial charge in [-0.05, 0) is 69.7 Å². The smallest absolute Gasteiger partial charge is 0.251 e. The monoisotopic (exact) mass is 508 g/mol. The van der Waals surface area contributed by atoms with Crippen molar-refractivity contribution in [3.63, 3.8) is 0 Å². The van der Waals surface area contributed by atoms with Crippen molar-refractivity contribution in [2.75, 3.05) is 6.61 Å². The molecule has 2 heterocycles. The lowest BCUT2D eigenvalue weighted by molar-refractivity contribution is -0.00257. The van der Waals surface area contributed by atoms with Crippen molar-refractivity contribution in [2.24, 2.45) is 5.92 Å². The molecule has 7 nitrogen and oxygen atoms in total. The number of rotatable bonds is 9. The van der Waals surface area contributed by atoms with E-state index in [0.29, 0.717) is 18.2 Å². The predicted molar refractivity (Wildman–Crippen MR) is 147 cm³/mol. The van der Waals surface area contributed by atoms with Crippen LogP contribution in [0, 0.1) is 5.92 Å². The van der Waals surface area contributed by atoms with Crippen LogP contribution in [-0.4, -0.2) is 52.1 Å². The molecule has 3 aromatic rings. The summed E-state index contributed by atoms with van der Waals surface area (Å²) in [6, 6.07) is 10.8. The zero-order valence-corrected chi connectivity index (χ0v) is 23.3. The average molecular weight is 509 g/mol. The molecule has 0 aliphatic heterocycles. The van der Waals surface area contributed by atoms with Gasteiger partial charge in [0.2, 0.25) is 0 Å². The van der Waals surface area contributed by atoms with Gasteiger partial charge in [-0.15, -0.1) is 0 Å². The van der Waals surface area contributed by atoms with Crippen LogP contribution in [0.1, 0.15) is 49.9 Å². The Morgan fingerprint density at radius 1 is 1.14 bits per heavy atom. The lowest BCUT2D eigenvalue weighted by Gasteiger charge is -2.36. The van der Waals surface area contributed by atoms with Gasteiger partial charge in [-0.1, -0.05) is 31.8 Å². The third-order valence-corrected chi connectivity index (χ3v) is 8.89. The third-order valence-electron chi connectivity index (χ3n) is 7.18. The van der Waals surface area contributed by atoms with Crippen molar-refractivity contribution in [3.8, 4) is 11.3 Å². The van der Waals surface area contributed by atoms with Crippen LogP contribution in [0.2, 0.25) is 25.7 Å². The molecule has 194 valence electrons. The molecular formula is C28H40N4O3Si. The van der Waals surface area contributed by atoms with Crippen LogP contribution in [0.25, 0.3) is 22.2 Å². The van der Waals surface area contributed by atoms with Gasteiger partial charge in [-0.2, -0.15) is 5.10 Å². The molecule has 2 aromatic heterocycles. The Hall–Kier alpha value is -2.55. The first-order valence-electron chi connectivity index (χ1n) is 13.0. The molecule has 0 atom stereocenters. The van der Waals surface area contributed by atoms with Crippen LogP contribution >= 0.6 is 0 Å². The Kier molecular flexibility index (Phi) is 7.97. The van der Waals surface area contributed by atoms with E-state index < -0.39 is 13.7 Å². The molecule has 1 aliphatic rings. The lowest BCUT2D eigenvalue weighted by Crippen LogP contribution is -2.41. The topological polar surface area (TPSA) is 89.3 Å². The number of hydrogen-bond acceptors (Lipinski definition) is 5. The van der Waals surface area contributed by atoms with E-state index in [1.54, 1.807) is 6.20 Å². The lowest BCUT2D eigenvalue weighted by atomic mass is 9.77. The summed E-state index contributed by atoms with van der Waals surface area (Å²) in [6.45, 7) is 12.0. The quantitative estimate of drug-likeness (QED) is 0.295. The number of pyridine rings is 1. The number of fused-ring (bicyclic) bond motifs is 1. The fourth-order valence-corrected chi connectivity index (χ4v) is 5.58. The Labute approximate surface area is 215 Å². The van der Waals surface area contributed by atoms with E-state index in [9.17, 15) is 9.90 Å². The number of carbonyl (C=O) groups is 1. The summed E-state index contributed by atoms with van der Waals surface area (Å²) in [5.74, 6) is 0.240. The number of ether oxygens (including phenoxy) is 1. The van der Waals surface area contributed by atoms with Crippen LogP contribution in [0.3, 0.4) is 0 Å². The summed E-state index contributed by atoms with van der Waals surface area (Å²) < 4.78 is 7.68. The van der Waals surface area contributed by atoms with Gasteiger partial charge in [0.05, 0.1) is 16.8 Å². The van der Waals surface area contributed by atoms with E-state index in [4.69, 9.17) is 4.74 Å². The van der Waals surface area contributed by atoms with Crippen LogP contribution in [0.5, 0.6) is 0 Å². The van der Waals surface area contributed by atoms with E-state index in [2.05, 4.69) is 35.0 Å². The molecule has 4 rings (SSSR count). The second-order valence-electron chi connectivity index (χ2n) is 11.9. The molecule has 1 aliphatic carbocycles. The van der Waals surface area contributed by atoms with Gasteiger partial charge in [0.1, 0.15) is 6.73 Å². The maximum Gasteiger partial charge on any atom is 0.251 e. The van der Waals surface area contributed by atoms with Crippen molar-refractivity contribution in [3.05, 3.63) is 48.3 Å². The molecule has 0 saturated heterocycles. The minimum atomic E-state index is -1.12. The molecule has 36 heavy (non-hydrogen) atoms. The molecular weight excluding hydrogens is 468 g/mol. The summed E-state index contributed by atoms with van der Waals surface area (Å²) in [5.41, 5.74) is 2.65. The zero-order chi connectivity index (χ0) is 25.9. The minimum Gasteiger partial charge on any atom is -0.390 e. The SMILES string of the molecule is CC(C)(O)[C@H]1CC[C@H](NC(=O)c2ccc(-c3nccc4nn(COCC[Si](C)(C)C)cc34)cc2)CC1. The number of aliphatic hydroxyl groups is 1. The van der Waals surface area contributed by atoms with Crippen molar-refractivity contribution >= 4 is 24.9 Å². The standard InChI is InChI=1S/C28H40N4O3Si/c1-28(2,34)22-10-12-23(13-11-22)30-27(33)21-8-6-20(7-9-21)26-24-18-32(31-25(24)14-15-29-26)19-35-16-17-36(3,4)5/h6-9,14-15,18,22-23,34H,10-13,16-17,19H2,1-5H3,(H,30,33)/t22-,23-. The van der Waals surface area contributed by atoms with Gasteiger partial charge in [0.25, 0.3) is 5.91 Å². The first kappa shape index (κ1) is 26.5. The molecule has 1 aromatic carbocycles. The van der Waals surface area contributed by atoms with E-state index in [1.807, 2.05) is 55.1 Å². The van der Waals surface area contributed by atoms with Gasteiger partial charge in [0, 0.05) is 49.6 Å². The molecule has 2 N–H and O–H groups in total. The van der Waals surface area contributed by atoms with Crippen molar-refractivity contribution in [1.29, 1.82) is 0 Å². The normalized spacial score (nSPS) is 18.9. The summed E-state index contributed by atoms with van der Waals surface area (Å²) in [6.07, 6.45) is 7.41. The van der Waals surface area contributed by atoms with E-state index in [0.717, 1.165) is 60.5 Å². The number of aromatic nitrogens is 3. The Morgan fingerprint density at radius 3 is 2.47 bits per heavy atom. The molecule has 0 bridgehead atoms. The average Bonchev–Trinajstić information content (AvgIpc) is 3.24. The number of hydrogen-bond donors (Lipinski definition) is 2. The highest BCUT2D eigenvalue weighted by Crippen LogP contribution is 2.32. The summed E-state index contributed by atoms with van der Waals surface area (Å²) in [5, 5.41) is 19.0. The molecule has 0 radical (unpaired) electrons. The maximum absolute atomic E-state index is 12.8. The molecule has 1 saturated carbocycles. The van der Waals surface area contributed by atoms with E-state index in [1.165, 1.54) is 0 Å². The highest BCUT2D eigenvalue weighted by molar-refractivity contribution is 6.76. The Morgan fingerprint density at radius 2 is 1.83 bits per heavy atom. The second kappa shape index (κ2) is 10.8. The van der Waals surface area contributed by atoms with Crippen LogP contribution < -0.4 is 5.32 Å². The largest absolute Gasteiger partial charge is 0.390 e. The zero-order valence-electron chi connectivity index (χ0n) is 22.3. The first-order chi connectivity index (χ1) is 17.0. The highest BCUT2D eigenvalue weighted by atomic mass is 28.3. The molecule has 1 fully saturated rings. The second-order valence-corrected chi connectivity index (χ2v) is 17.5. The fraction of sp³-hybridized carbons (Fsp3) is 0.536. The maximum atomic E-state index is 12.8. The van der Waals surface area contributed by atoms with Crippen LogP contribution in [0.15, 0.2) is 42.7 Å².